The van der Waals surface area contributed by atoms with E-state index in [0.717, 1.165) is 24.2 Å². The van der Waals surface area contributed by atoms with Crippen molar-refractivity contribution >= 4 is 40.7 Å². The molecule has 0 bridgehead atoms. The largest absolute Gasteiger partial charge is 0.487 e. The summed E-state index contributed by atoms with van der Waals surface area (Å²) in [5, 5.41) is 1.91. The molecule has 4 nitrogen and oxygen atoms in total. The lowest BCUT2D eigenvalue weighted by Gasteiger charge is -2.35. The molecule has 7 heteroatoms. The van der Waals surface area contributed by atoms with Crippen LogP contribution in [0.25, 0.3) is 0 Å². The first-order valence-corrected chi connectivity index (χ1v) is 11.6. The van der Waals surface area contributed by atoms with Crippen molar-refractivity contribution in [1.29, 1.82) is 0 Å². The van der Waals surface area contributed by atoms with Gasteiger partial charge in [-0.15, -0.1) is 0 Å². The van der Waals surface area contributed by atoms with Crippen LogP contribution in [0, 0.1) is 0 Å². The Kier molecular flexibility index (Phi) is 7.59. The normalized spacial score (nSPS) is 14.4. The molecule has 0 saturated carbocycles. The minimum atomic E-state index is 0.0278. The number of hydrogen-bond donors (Lipinski definition) is 0. The average Bonchev–Trinajstić information content (AvgIpc) is 2.81. The van der Waals surface area contributed by atoms with Crippen molar-refractivity contribution in [3.05, 3.63) is 98.5 Å². The van der Waals surface area contributed by atoms with Crippen LogP contribution >= 0.6 is 34.8 Å². The number of carbonyl (C=O) groups excluding carboxylic acids is 1. The Balaban J connectivity index is 1.34. The zero-order valence-corrected chi connectivity index (χ0v) is 19.7. The summed E-state index contributed by atoms with van der Waals surface area (Å²) in [7, 11) is 0. The summed E-state index contributed by atoms with van der Waals surface area (Å²) in [6.07, 6.45) is 0. The van der Waals surface area contributed by atoms with E-state index in [1.807, 2.05) is 65.6 Å². The van der Waals surface area contributed by atoms with Crippen LogP contribution in [0.2, 0.25) is 15.1 Å². The van der Waals surface area contributed by atoms with Crippen LogP contribution in [0.15, 0.2) is 66.7 Å². The van der Waals surface area contributed by atoms with Gasteiger partial charge >= 0.3 is 0 Å². The summed E-state index contributed by atoms with van der Waals surface area (Å²) in [6, 6.07) is 20.5. The molecular weight excluding hydrogens is 467 g/mol. The highest BCUT2D eigenvalue weighted by Crippen LogP contribution is 2.26. The van der Waals surface area contributed by atoms with Crippen molar-refractivity contribution in [3.63, 3.8) is 0 Å². The Morgan fingerprint density at radius 3 is 2.19 bits per heavy atom. The zero-order chi connectivity index (χ0) is 22.5. The molecule has 32 heavy (non-hydrogen) atoms. The van der Waals surface area contributed by atoms with E-state index in [2.05, 4.69) is 4.90 Å². The minimum absolute atomic E-state index is 0.0278. The predicted molar refractivity (Wildman–Crippen MR) is 130 cm³/mol. The molecule has 166 valence electrons. The number of amides is 1. The molecule has 0 aromatic heterocycles. The first kappa shape index (κ1) is 22.9. The molecule has 0 aliphatic carbocycles. The second-order valence-electron chi connectivity index (χ2n) is 7.69. The van der Waals surface area contributed by atoms with E-state index in [9.17, 15) is 4.79 Å². The van der Waals surface area contributed by atoms with Gasteiger partial charge in [-0.2, -0.15) is 0 Å². The van der Waals surface area contributed by atoms with Crippen LogP contribution in [-0.4, -0.2) is 41.9 Å². The van der Waals surface area contributed by atoms with E-state index < -0.39 is 0 Å². The average molecular weight is 490 g/mol. The molecule has 1 saturated heterocycles. The molecule has 0 atom stereocenters. The highest BCUT2D eigenvalue weighted by atomic mass is 35.5. The van der Waals surface area contributed by atoms with Crippen molar-refractivity contribution in [3.8, 4) is 5.75 Å². The summed E-state index contributed by atoms with van der Waals surface area (Å²) in [6.45, 7) is 3.86. The first-order chi connectivity index (χ1) is 15.5. The van der Waals surface area contributed by atoms with Crippen LogP contribution in [-0.2, 0) is 13.2 Å². The lowest BCUT2D eigenvalue weighted by Crippen LogP contribution is -2.48. The van der Waals surface area contributed by atoms with Crippen molar-refractivity contribution < 1.29 is 9.53 Å². The van der Waals surface area contributed by atoms with E-state index >= 15 is 0 Å². The summed E-state index contributed by atoms with van der Waals surface area (Å²) in [5.74, 6) is 0.653. The maximum Gasteiger partial charge on any atom is 0.253 e. The number of piperazine rings is 1. The summed E-state index contributed by atoms with van der Waals surface area (Å²) < 4.78 is 5.81. The van der Waals surface area contributed by atoms with Crippen molar-refractivity contribution in [2.24, 2.45) is 0 Å². The van der Waals surface area contributed by atoms with Crippen LogP contribution in [0.5, 0.6) is 5.75 Å². The fraction of sp³-hybridized carbons (Fsp3) is 0.240. The van der Waals surface area contributed by atoms with Gasteiger partial charge in [0.05, 0.1) is 5.02 Å². The van der Waals surface area contributed by atoms with Gasteiger partial charge in [0.1, 0.15) is 12.4 Å². The number of benzene rings is 3. The molecule has 1 fully saturated rings. The molecule has 1 heterocycles. The third-order valence-electron chi connectivity index (χ3n) is 5.51. The Morgan fingerprint density at radius 1 is 0.812 bits per heavy atom. The number of carbonyl (C=O) groups is 1. The minimum Gasteiger partial charge on any atom is -0.487 e. The van der Waals surface area contributed by atoms with Crippen molar-refractivity contribution in [2.75, 3.05) is 26.2 Å². The molecule has 0 unspecified atom stereocenters. The van der Waals surface area contributed by atoms with Crippen LogP contribution in [0.3, 0.4) is 0 Å². The van der Waals surface area contributed by atoms with Gasteiger partial charge in [0.25, 0.3) is 5.91 Å². The van der Waals surface area contributed by atoms with Crippen molar-refractivity contribution in [1.82, 2.24) is 9.80 Å². The van der Waals surface area contributed by atoms with E-state index in [0.29, 0.717) is 52.6 Å². The number of para-hydroxylation sites is 1. The standard InChI is InChI=1S/C25H23Cl3N2O2/c26-21-8-4-9-22(27)20(21)16-29-11-13-30(14-12-29)25(31)19-6-3-5-18(15-19)17-32-24-10-2-1-7-23(24)28/h1-10,15H,11-14,16-17H2. The summed E-state index contributed by atoms with van der Waals surface area (Å²) >= 11 is 18.8. The van der Waals surface area contributed by atoms with Gasteiger partial charge in [0.2, 0.25) is 0 Å². The van der Waals surface area contributed by atoms with Crippen LogP contribution in [0.4, 0.5) is 0 Å². The van der Waals surface area contributed by atoms with E-state index in [-0.39, 0.29) is 5.91 Å². The van der Waals surface area contributed by atoms with Crippen molar-refractivity contribution in [2.45, 2.75) is 13.2 Å². The molecule has 1 amide bonds. The highest BCUT2D eigenvalue weighted by Gasteiger charge is 2.23. The van der Waals surface area contributed by atoms with Gasteiger partial charge < -0.3 is 9.64 Å². The molecule has 1 aliphatic heterocycles. The highest BCUT2D eigenvalue weighted by molar-refractivity contribution is 6.36. The third kappa shape index (κ3) is 5.57. The van der Waals surface area contributed by atoms with Gasteiger partial charge in [-0.1, -0.05) is 65.1 Å². The van der Waals surface area contributed by atoms with E-state index in [4.69, 9.17) is 39.5 Å². The molecular formula is C25H23Cl3N2O2. The Labute approximate surface area is 203 Å². The Hall–Kier alpha value is -2.24. The maximum atomic E-state index is 13.1. The SMILES string of the molecule is O=C(c1cccc(COc2ccccc2Cl)c1)N1CCN(Cc2c(Cl)cccc2Cl)CC1. The van der Waals surface area contributed by atoms with Gasteiger partial charge in [0, 0.05) is 53.9 Å². The number of ether oxygens (including phenoxy) is 1. The Morgan fingerprint density at radius 2 is 1.47 bits per heavy atom. The Bertz CT molecular complexity index is 1080. The van der Waals surface area contributed by atoms with Gasteiger partial charge in [-0.3, -0.25) is 9.69 Å². The number of halogens is 3. The smallest absolute Gasteiger partial charge is 0.253 e. The third-order valence-corrected chi connectivity index (χ3v) is 6.53. The maximum absolute atomic E-state index is 13.1. The lowest BCUT2D eigenvalue weighted by molar-refractivity contribution is 0.0628. The molecule has 0 spiro atoms. The van der Waals surface area contributed by atoms with Gasteiger partial charge in [0.15, 0.2) is 0 Å². The summed E-state index contributed by atoms with van der Waals surface area (Å²) in [4.78, 5) is 17.2. The van der Waals surface area contributed by atoms with E-state index in [1.54, 1.807) is 6.07 Å². The fourth-order valence-corrected chi connectivity index (χ4v) is 4.42. The molecule has 0 radical (unpaired) electrons. The molecule has 0 N–H and O–H groups in total. The zero-order valence-electron chi connectivity index (χ0n) is 17.4. The first-order valence-electron chi connectivity index (χ1n) is 10.4. The van der Waals surface area contributed by atoms with E-state index in [1.165, 1.54) is 0 Å². The molecule has 1 aliphatic rings. The van der Waals surface area contributed by atoms with Gasteiger partial charge in [-0.05, 0) is 42.0 Å². The molecule has 4 rings (SSSR count). The second-order valence-corrected chi connectivity index (χ2v) is 8.91. The number of rotatable bonds is 6. The number of hydrogen-bond acceptors (Lipinski definition) is 3. The van der Waals surface area contributed by atoms with Crippen LogP contribution < -0.4 is 4.74 Å². The van der Waals surface area contributed by atoms with Crippen LogP contribution in [0.1, 0.15) is 21.5 Å². The molecule has 3 aromatic carbocycles. The summed E-state index contributed by atoms with van der Waals surface area (Å²) in [5.41, 5.74) is 2.51. The predicted octanol–water partition coefficient (Wildman–Crippen LogP) is 6.18. The van der Waals surface area contributed by atoms with Gasteiger partial charge in [-0.25, -0.2) is 0 Å². The second kappa shape index (κ2) is 10.6. The molecule has 3 aromatic rings. The lowest BCUT2D eigenvalue weighted by atomic mass is 10.1. The topological polar surface area (TPSA) is 32.8 Å². The monoisotopic (exact) mass is 488 g/mol. The number of nitrogens with zero attached hydrogens (tertiary/aromatic N) is 2. The fourth-order valence-electron chi connectivity index (χ4n) is 3.72. The quantitative estimate of drug-likeness (QED) is 0.414.